The quantitative estimate of drug-likeness (QED) is 0.759. The lowest BCUT2D eigenvalue weighted by atomic mass is 9.93. The van der Waals surface area contributed by atoms with E-state index in [-0.39, 0.29) is 25.9 Å². The van der Waals surface area contributed by atoms with Crippen molar-refractivity contribution in [1.82, 2.24) is 0 Å². The number of hydrogen-bond acceptors (Lipinski definition) is 2. The number of rotatable bonds is 2. The minimum atomic E-state index is -4.24. The van der Waals surface area contributed by atoms with E-state index in [4.69, 9.17) is 9.84 Å². The van der Waals surface area contributed by atoms with Crippen molar-refractivity contribution in [2.24, 2.45) is 5.92 Å². The van der Waals surface area contributed by atoms with Crippen LogP contribution >= 0.6 is 0 Å². The highest BCUT2D eigenvalue weighted by atomic mass is 19.4. The highest BCUT2D eigenvalue weighted by Gasteiger charge is 2.42. The lowest BCUT2D eigenvalue weighted by molar-refractivity contribution is -0.203. The molecule has 14 heavy (non-hydrogen) atoms. The summed E-state index contributed by atoms with van der Waals surface area (Å²) in [5, 5.41) is 8.39. The van der Waals surface area contributed by atoms with Crippen LogP contribution in [0.4, 0.5) is 13.2 Å². The summed E-state index contributed by atoms with van der Waals surface area (Å²) in [5.74, 6) is -2.54. The van der Waals surface area contributed by atoms with Crippen molar-refractivity contribution in [2.45, 2.75) is 31.5 Å². The first-order chi connectivity index (χ1) is 6.39. The molecular weight excluding hydrogens is 201 g/mol. The fraction of sp³-hybridized carbons (Fsp3) is 0.875. The Labute approximate surface area is 78.9 Å². The van der Waals surface area contributed by atoms with Gasteiger partial charge in [-0.25, -0.2) is 0 Å². The first-order valence-electron chi connectivity index (χ1n) is 4.29. The van der Waals surface area contributed by atoms with Crippen molar-refractivity contribution in [3.05, 3.63) is 0 Å². The molecular formula is C8H11F3O3. The number of halogens is 3. The summed E-state index contributed by atoms with van der Waals surface area (Å²) in [7, 11) is 0. The van der Waals surface area contributed by atoms with E-state index in [1.54, 1.807) is 0 Å². The first kappa shape index (κ1) is 11.3. The molecule has 82 valence electrons. The Balaban J connectivity index is 2.48. The third kappa shape index (κ3) is 3.17. The van der Waals surface area contributed by atoms with Crippen molar-refractivity contribution >= 4 is 5.97 Å². The summed E-state index contributed by atoms with van der Waals surface area (Å²) in [4.78, 5) is 10.3. The summed E-state index contributed by atoms with van der Waals surface area (Å²) in [6.07, 6.45) is -5.70. The van der Waals surface area contributed by atoms with Crippen LogP contribution in [0.2, 0.25) is 0 Å². The van der Waals surface area contributed by atoms with Crippen LogP contribution in [0, 0.1) is 5.92 Å². The third-order valence-corrected chi connectivity index (χ3v) is 2.23. The zero-order valence-corrected chi connectivity index (χ0v) is 7.38. The summed E-state index contributed by atoms with van der Waals surface area (Å²) < 4.78 is 41.7. The highest BCUT2D eigenvalue weighted by Crippen LogP contribution is 2.36. The highest BCUT2D eigenvalue weighted by molar-refractivity contribution is 5.67. The molecule has 0 saturated carbocycles. The van der Waals surface area contributed by atoms with Gasteiger partial charge >= 0.3 is 12.1 Å². The maximum Gasteiger partial charge on any atom is 0.392 e. The van der Waals surface area contributed by atoms with Gasteiger partial charge in [0, 0.05) is 6.61 Å². The lowest BCUT2D eigenvalue weighted by Gasteiger charge is -2.29. The standard InChI is InChI=1S/C8H11F3O3/c9-8(10,11)5-1-2-14-6(3-5)4-7(12)13/h5-6H,1-4H2,(H,12,13). The molecule has 1 fully saturated rings. The smallest absolute Gasteiger partial charge is 0.392 e. The van der Waals surface area contributed by atoms with Crippen molar-refractivity contribution in [3.63, 3.8) is 0 Å². The second-order valence-electron chi connectivity index (χ2n) is 3.35. The predicted octanol–water partition coefficient (Wildman–Crippen LogP) is 1.82. The van der Waals surface area contributed by atoms with Gasteiger partial charge in [-0.05, 0) is 12.8 Å². The average molecular weight is 212 g/mol. The van der Waals surface area contributed by atoms with Gasteiger partial charge in [-0.15, -0.1) is 0 Å². The van der Waals surface area contributed by atoms with Gasteiger partial charge in [0.25, 0.3) is 0 Å². The molecule has 0 amide bonds. The Bertz CT molecular complexity index is 214. The maximum absolute atomic E-state index is 12.2. The number of carboxylic acid groups (broad SMARTS) is 1. The normalized spacial score (nSPS) is 28.8. The van der Waals surface area contributed by atoms with Crippen LogP contribution in [0.1, 0.15) is 19.3 Å². The Hall–Kier alpha value is -0.780. The molecule has 1 N–H and O–H groups in total. The second kappa shape index (κ2) is 4.16. The monoisotopic (exact) mass is 212 g/mol. The molecule has 0 radical (unpaired) electrons. The van der Waals surface area contributed by atoms with E-state index in [1.807, 2.05) is 0 Å². The van der Waals surface area contributed by atoms with E-state index in [0.717, 1.165) is 0 Å². The maximum atomic E-state index is 12.2. The van der Waals surface area contributed by atoms with Crippen molar-refractivity contribution in [2.75, 3.05) is 6.61 Å². The number of carboxylic acids is 1. The van der Waals surface area contributed by atoms with Crippen LogP contribution < -0.4 is 0 Å². The van der Waals surface area contributed by atoms with Gasteiger partial charge in [-0.2, -0.15) is 13.2 Å². The molecule has 0 aromatic heterocycles. The fourth-order valence-electron chi connectivity index (χ4n) is 1.51. The molecule has 2 atom stereocenters. The second-order valence-corrected chi connectivity index (χ2v) is 3.35. The van der Waals surface area contributed by atoms with Gasteiger partial charge in [0.1, 0.15) is 0 Å². The minimum Gasteiger partial charge on any atom is -0.481 e. The van der Waals surface area contributed by atoms with Crippen LogP contribution in [-0.2, 0) is 9.53 Å². The van der Waals surface area contributed by atoms with Crippen LogP contribution in [0.25, 0.3) is 0 Å². The Morgan fingerprint density at radius 1 is 1.50 bits per heavy atom. The molecule has 1 saturated heterocycles. The molecule has 1 heterocycles. The van der Waals surface area contributed by atoms with Crippen LogP contribution in [-0.4, -0.2) is 30.0 Å². The van der Waals surface area contributed by atoms with Crippen LogP contribution in [0.3, 0.4) is 0 Å². The van der Waals surface area contributed by atoms with E-state index in [9.17, 15) is 18.0 Å². The third-order valence-electron chi connectivity index (χ3n) is 2.23. The molecule has 6 heteroatoms. The lowest BCUT2D eigenvalue weighted by Crippen LogP contribution is -2.35. The first-order valence-corrected chi connectivity index (χ1v) is 4.29. The summed E-state index contributed by atoms with van der Waals surface area (Å²) in [5.41, 5.74) is 0. The van der Waals surface area contributed by atoms with E-state index in [0.29, 0.717) is 0 Å². The number of alkyl halides is 3. The van der Waals surface area contributed by atoms with Gasteiger partial charge in [0.2, 0.25) is 0 Å². The van der Waals surface area contributed by atoms with E-state index in [2.05, 4.69) is 0 Å². The van der Waals surface area contributed by atoms with E-state index >= 15 is 0 Å². The van der Waals surface area contributed by atoms with E-state index < -0.39 is 24.2 Å². The van der Waals surface area contributed by atoms with Gasteiger partial charge in [0.05, 0.1) is 18.4 Å². The average Bonchev–Trinajstić information content (AvgIpc) is 2.01. The van der Waals surface area contributed by atoms with Gasteiger partial charge in [0.15, 0.2) is 0 Å². The van der Waals surface area contributed by atoms with Crippen LogP contribution in [0.5, 0.6) is 0 Å². The molecule has 0 aromatic carbocycles. The Morgan fingerprint density at radius 2 is 2.14 bits per heavy atom. The number of aliphatic carboxylic acids is 1. The molecule has 2 unspecified atom stereocenters. The SMILES string of the molecule is O=C(O)CC1CC(C(F)(F)F)CCO1. The minimum absolute atomic E-state index is 0.0118. The molecule has 0 aromatic rings. The number of ether oxygens (including phenoxy) is 1. The van der Waals surface area contributed by atoms with Gasteiger partial charge in [-0.3, -0.25) is 4.79 Å². The summed E-state index contributed by atoms with van der Waals surface area (Å²) in [6, 6.07) is 0. The molecule has 1 rings (SSSR count). The molecule has 0 spiro atoms. The Kier molecular flexibility index (Phi) is 3.36. The molecule has 0 bridgehead atoms. The molecule has 1 aliphatic rings. The van der Waals surface area contributed by atoms with Gasteiger partial charge in [-0.1, -0.05) is 0 Å². The fourth-order valence-corrected chi connectivity index (χ4v) is 1.51. The van der Waals surface area contributed by atoms with Crippen molar-refractivity contribution in [1.29, 1.82) is 0 Å². The number of carbonyl (C=O) groups is 1. The van der Waals surface area contributed by atoms with Gasteiger partial charge < -0.3 is 9.84 Å². The zero-order valence-electron chi connectivity index (χ0n) is 7.38. The molecule has 3 nitrogen and oxygen atoms in total. The largest absolute Gasteiger partial charge is 0.481 e. The Morgan fingerprint density at radius 3 is 2.64 bits per heavy atom. The summed E-state index contributed by atoms with van der Waals surface area (Å²) >= 11 is 0. The van der Waals surface area contributed by atoms with Crippen LogP contribution in [0.15, 0.2) is 0 Å². The zero-order chi connectivity index (χ0) is 10.8. The molecule has 0 aliphatic carbocycles. The topological polar surface area (TPSA) is 46.5 Å². The predicted molar refractivity (Wildman–Crippen MR) is 40.8 cm³/mol. The van der Waals surface area contributed by atoms with Crippen molar-refractivity contribution in [3.8, 4) is 0 Å². The number of hydrogen-bond donors (Lipinski definition) is 1. The van der Waals surface area contributed by atoms with E-state index in [1.165, 1.54) is 0 Å². The summed E-state index contributed by atoms with van der Waals surface area (Å²) in [6.45, 7) is -0.0118. The molecule has 1 aliphatic heterocycles. The van der Waals surface area contributed by atoms with Crippen molar-refractivity contribution < 1.29 is 27.8 Å².